The van der Waals surface area contributed by atoms with E-state index in [1.165, 1.54) is 0 Å². The Labute approximate surface area is 117 Å². The van der Waals surface area contributed by atoms with Crippen LogP contribution in [-0.4, -0.2) is 24.8 Å². The Hall–Kier alpha value is -1.06. The van der Waals surface area contributed by atoms with Crippen LogP contribution in [-0.2, 0) is 0 Å². The van der Waals surface area contributed by atoms with Crippen LogP contribution in [0.15, 0.2) is 18.2 Å². The number of benzene rings is 1. The molecule has 0 aliphatic heterocycles. The number of aliphatic hydroxyl groups excluding tert-OH is 1. The first-order valence-electron chi connectivity index (χ1n) is 6.81. The fraction of sp³-hybridized carbons (Fsp3) is 0.625. The molecule has 0 saturated carbocycles. The van der Waals surface area contributed by atoms with Crippen molar-refractivity contribution in [1.82, 2.24) is 5.32 Å². The van der Waals surface area contributed by atoms with Gasteiger partial charge in [0.1, 0.15) is 5.75 Å². The van der Waals surface area contributed by atoms with E-state index in [2.05, 4.69) is 33.0 Å². The predicted octanol–water partition coefficient (Wildman–Crippen LogP) is 3.06. The van der Waals surface area contributed by atoms with Crippen molar-refractivity contribution in [2.75, 3.05) is 13.7 Å². The van der Waals surface area contributed by atoms with Crippen LogP contribution in [0.4, 0.5) is 0 Å². The van der Waals surface area contributed by atoms with Crippen LogP contribution >= 0.6 is 0 Å². The van der Waals surface area contributed by atoms with Crippen molar-refractivity contribution in [2.45, 2.75) is 46.8 Å². The maximum atomic E-state index is 10.3. The molecule has 3 heteroatoms. The zero-order valence-corrected chi connectivity index (χ0v) is 12.9. The monoisotopic (exact) mass is 265 g/mol. The molecule has 2 N–H and O–H groups in total. The topological polar surface area (TPSA) is 41.5 Å². The van der Waals surface area contributed by atoms with Gasteiger partial charge >= 0.3 is 0 Å². The first-order valence-corrected chi connectivity index (χ1v) is 6.81. The largest absolute Gasteiger partial charge is 0.496 e. The minimum Gasteiger partial charge on any atom is -0.496 e. The zero-order valence-electron chi connectivity index (χ0n) is 12.9. The Bertz CT molecular complexity index is 410. The molecule has 0 aliphatic rings. The van der Waals surface area contributed by atoms with E-state index >= 15 is 0 Å². The Morgan fingerprint density at radius 1 is 1.32 bits per heavy atom. The van der Waals surface area contributed by atoms with Crippen LogP contribution in [0.5, 0.6) is 5.75 Å². The van der Waals surface area contributed by atoms with Crippen molar-refractivity contribution in [1.29, 1.82) is 0 Å². The van der Waals surface area contributed by atoms with Crippen LogP contribution in [0.1, 0.15) is 44.9 Å². The van der Waals surface area contributed by atoms with Crippen LogP contribution in [0.3, 0.4) is 0 Å². The maximum Gasteiger partial charge on any atom is 0.124 e. The van der Waals surface area contributed by atoms with Gasteiger partial charge in [0.15, 0.2) is 0 Å². The van der Waals surface area contributed by atoms with E-state index in [1.807, 2.05) is 25.1 Å². The van der Waals surface area contributed by atoms with Gasteiger partial charge in [0, 0.05) is 18.2 Å². The normalized spacial score (nSPS) is 15.1. The molecular weight excluding hydrogens is 238 g/mol. The summed E-state index contributed by atoms with van der Waals surface area (Å²) in [5, 5.41) is 13.7. The molecule has 2 atom stereocenters. The van der Waals surface area contributed by atoms with Gasteiger partial charge in [-0.2, -0.15) is 0 Å². The van der Waals surface area contributed by atoms with Gasteiger partial charge in [0.05, 0.1) is 13.2 Å². The van der Waals surface area contributed by atoms with Gasteiger partial charge < -0.3 is 15.2 Å². The SMILES string of the molecule is COc1ccc(C)cc1C(O)CNC(C)C(C)(C)C. The summed E-state index contributed by atoms with van der Waals surface area (Å²) < 4.78 is 5.31. The fourth-order valence-electron chi connectivity index (χ4n) is 1.82. The molecule has 0 bridgehead atoms. The summed E-state index contributed by atoms with van der Waals surface area (Å²) in [6.45, 7) is 11.2. The number of ether oxygens (including phenoxy) is 1. The first kappa shape index (κ1) is 16.0. The van der Waals surface area contributed by atoms with E-state index in [9.17, 15) is 5.11 Å². The lowest BCUT2D eigenvalue weighted by Gasteiger charge is -2.29. The summed E-state index contributed by atoms with van der Waals surface area (Å²) in [5.74, 6) is 0.739. The Morgan fingerprint density at radius 3 is 2.47 bits per heavy atom. The van der Waals surface area contributed by atoms with Crippen molar-refractivity contribution in [3.8, 4) is 5.75 Å². The van der Waals surface area contributed by atoms with Gasteiger partial charge in [-0.25, -0.2) is 0 Å². The van der Waals surface area contributed by atoms with Crippen LogP contribution in [0.2, 0.25) is 0 Å². The van der Waals surface area contributed by atoms with Gasteiger partial charge in [-0.15, -0.1) is 0 Å². The smallest absolute Gasteiger partial charge is 0.124 e. The quantitative estimate of drug-likeness (QED) is 0.859. The summed E-state index contributed by atoms with van der Waals surface area (Å²) in [4.78, 5) is 0. The lowest BCUT2D eigenvalue weighted by atomic mass is 9.88. The molecule has 0 aliphatic carbocycles. The summed E-state index contributed by atoms with van der Waals surface area (Å²) >= 11 is 0. The minimum atomic E-state index is -0.556. The molecule has 3 nitrogen and oxygen atoms in total. The molecule has 0 aromatic heterocycles. The third-order valence-electron chi connectivity index (χ3n) is 3.66. The second-order valence-electron chi connectivity index (χ2n) is 6.26. The number of aryl methyl sites for hydroxylation is 1. The highest BCUT2D eigenvalue weighted by Crippen LogP contribution is 2.26. The molecule has 0 radical (unpaired) electrons. The number of aliphatic hydroxyl groups is 1. The second-order valence-corrected chi connectivity index (χ2v) is 6.26. The molecule has 1 rings (SSSR count). The standard InChI is InChI=1S/C16H27NO2/c1-11-7-8-15(19-6)13(9-11)14(18)10-17-12(2)16(3,4)5/h7-9,12,14,17-18H,10H2,1-6H3. The van der Waals surface area contributed by atoms with Crippen molar-refractivity contribution >= 4 is 0 Å². The molecule has 2 unspecified atom stereocenters. The van der Waals surface area contributed by atoms with Crippen LogP contribution in [0, 0.1) is 12.3 Å². The first-order chi connectivity index (χ1) is 8.75. The van der Waals surface area contributed by atoms with Crippen molar-refractivity contribution < 1.29 is 9.84 Å². The van der Waals surface area contributed by atoms with Gasteiger partial charge in [-0.1, -0.05) is 32.4 Å². The number of hydrogen-bond acceptors (Lipinski definition) is 3. The van der Waals surface area contributed by atoms with Crippen molar-refractivity contribution in [3.63, 3.8) is 0 Å². The Balaban J connectivity index is 2.73. The molecular formula is C16H27NO2. The lowest BCUT2D eigenvalue weighted by molar-refractivity contribution is 0.154. The third-order valence-corrected chi connectivity index (χ3v) is 3.66. The van der Waals surface area contributed by atoms with Crippen LogP contribution in [0.25, 0.3) is 0 Å². The molecule has 0 heterocycles. The van der Waals surface area contributed by atoms with Crippen LogP contribution < -0.4 is 10.1 Å². The molecule has 1 aromatic carbocycles. The maximum absolute atomic E-state index is 10.3. The molecule has 108 valence electrons. The summed E-state index contributed by atoms with van der Waals surface area (Å²) in [5.41, 5.74) is 2.14. The molecule has 0 spiro atoms. The fourth-order valence-corrected chi connectivity index (χ4v) is 1.82. The minimum absolute atomic E-state index is 0.177. The number of hydrogen-bond donors (Lipinski definition) is 2. The highest BCUT2D eigenvalue weighted by molar-refractivity contribution is 5.38. The third kappa shape index (κ3) is 4.51. The molecule has 0 saturated heterocycles. The van der Waals surface area contributed by atoms with Crippen molar-refractivity contribution in [2.24, 2.45) is 5.41 Å². The van der Waals surface area contributed by atoms with E-state index in [-0.39, 0.29) is 5.41 Å². The van der Waals surface area contributed by atoms with Gasteiger partial charge in [0.2, 0.25) is 0 Å². The Kier molecular flexibility index (Phi) is 5.39. The van der Waals surface area contributed by atoms with E-state index in [0.29, 0.717) is 12.6 Å². The second kappa shape index (κ2) is 6.40. The molecule has 19 heavy (non-hydrogen) atoms. The van der Waals surface area contributed by atoms with Gasteiger partial charge in [-0.05, 0) is 31.4 Å². The van der Waals surface area contributed by atoms with E-state index in [1.54, 1.807) is 7.11 Å². The number of nitrogens with one attached hydrogen (secondary N) is 1. The zero-order chi connectivity index (χ0) is 14.6. The number of methoxy groups -OCH3 is 1. The summed E-state index contributed by atoms with van der Waals surface area (Å²) in [7, 11) is 1.63. The van der Waals surface area contributed by atoms with Crippen molar-refractivity contribution in [3.05, 3.63) is 29.3 Å². The Morgan fingerprint density at radius 2 is 1.95 bits per heavy atom. The highest BCUT2D eigenvalue weighted by Gasteiger charge is 2.21. The highest BCUT2D eigenvalue weighted by atomic mass is 16.5. The predicted molar refractivity (Wildman–Crippen MR) is 79.6 cm³/mol. The van der Waals surface area contributed by atoms with Gasteiger partial charge in [-0.3, -0.25) is 0 Å². The summed E-state index contributed by atoms with van der Waals surface area (Å²) in [6, 6.07) is 6.20. The number of rotatable bonds is 5. The average Bonchev–Trinajstić information content (AvgIpc) is 2.34. The molecule has 1 aromatic rings. The van der Waals surface area contributed by atoms with Gasteiger partial charge in [0.25, 0.3) is 0 Å². The summed E-state index contributed by atoms with van der Waals surface area (Å²) in [6.07, 6.45) is -0.556. The lowest BCUT2D eigenvalue weighted by Crippen LogP contribution is -2.39. The van der Waals surface area contributed by atoms with E-state index in [0.717, 1.165) is 16.9 Å². The van der Waals surface area contributed by atoms with E-state index < -0.39 is 6.10 Å². The molecule has 0 fully saturated rings. The average molecular weight is 265 g/mol. The molecule has 0 amide bonds. The van der Waals surface area contributed by atoms with E-state index in [4.69, 9.17) is 4.74 Å².